The fourth-order valence-electron chi connectivity index (χ4n) is 1.83. The third-order valence-electron chi connectivity index (χ3n) is 2.55. The first-order valence-electron chi connectivity index (χ1n) is 4.78. The number of nitrogens with zero attached hydrogens (tertiary/aromatic N) is 1. The summed E-state index contributed by atoms with van der Waals surface area (Å²) in [5.41, 5.74) is 1.69. The monoisotopic (exact) mass is 215 g/mol. The zero-order valence-electron chi connectivity index (χ0n) is 8.01. The van der Waals surface area contributed by atoms with Crippen molar-refractivity contribution in [3.63, 3.8) is 0 Å². The largest absolute Gasteiger partial charge is 0.340 e. The van der Waals surface area contributed by atoms with E-state index in [1.54, 1.807) is 11.3 Å². The lowest BCUT2D eigenvalue weighted by Gasteiger charge is -1.93. The lowest BCUT2D eigenvalue weighted by atomic mass is 10.1. The maximum absolute atomic E-state index is 11.9. The van der Waals surface area contributed by atoms with Crippen molar-refractivity contribution in [2.24, 2.45) is 0 Å². The summed E-state index contributed by atoms with van der Waals surface area (Å²) in [6.45, 7) is 0.707. The van der Waals surface area contributed by atoms with E-state index < -0.39 is 0 Å². The molecular weight excluding hydrogens is 206 g/mol. The zero-order valence-corrected chi connectivity index (χ0v) is 8.83. The van der Waals surface area contributed by atoms with Gasteiger partial charge in [0, 0.05) is 16.6 Å². The second kappa shape index (κ2) is 3.21. The standard InChI is InChI=1S/C12H9NOS/c14-12-9(7-10-3-2-6-15-10)8-13-5-1-4-11(12)13/h1-7H,8H2. The average molecular weight is 215 g/mol. The number of Topliss-reactive ketones (excluding diaryl/α,β-unsaturated/α-hetero) is 1. The van der Waals surface area contributed by atoms with E-state index >= 15 is 0 Å². The van der Waals surface area contributed by atoms with Gasteiger partial charge in [-0.15, -0.1) is 11.3 Å². The molecule has 0 fully saturated rings. The number of fused-ring (bicyclic) bond motifs is 1. The summed E-state index contributed by atoms with van der Waals surface area (Å²) in [6.07, 6.45) is 3.93. The van der Waals surface area contributed by atoms with Gasteiger partial charge in [0.1, 0.15) is 0 Å². The molecule has 0 unspecified atom stereocenters. The van der Waals surface area contributed by atoms with Gasteiger partial charge in [0.2, 0.25) is 5.78 Å². The maximum Gasteiger partial charge on any atom is 0.207 e. The Kier molecular flexibility index (Phi) is 1.86. The fourth-order valence-corrected chi connectivity index (χ4v) is 2.52. The van der Waals surface area contributed by atoms with Crippen molar-refractivity contribution in [1.82, 2.24) is 4.57 Å². The molecule has 0 saturated carbocycles. The number of aromatic nitrogens is 1. The van der Waals surface area contributed by atoms with Crippen LogP contribution in [0.1, 0.15) is 15.4 Å². The summed E-state index contributed by atoms with van der Waals surface area (Å²) in [6, 6.07) is 7.81. The molecule has 1 aliphatic heterocycles. The third kappa shape index (κ3) is 1.36. The minimum Gasteiger partial charge on any atom is -0.340 e. The highest BCUT2D eigenvalue weighted by molar-refractivity contribution is 7.10. The molecule has 3 rings (SSSR count). The van der Waals surface area contributed by atoms with E-state index in [0.29, 0.717) is 6.54 Å². The van der Waals surface area contributed by atoms with Crippen molar-refractivity contribution in [1.29, 1.82) is 0 Å². The number of ketones is 1. The van der Waals surface area contributed by atoms with Gasteiger partial charge in [-0.25, -0.2) is 0 Å². The maximum atomic E-state index is 11.9. The van der Waals surface area contributed by atoms with E-state index in [2.05, 4.69) is 0 Å². The molecule has 0 aliphatic carbocycles. The molecule has 0 bridgehead atoms. The Morgan fingerprint density at radius 2 is 2.27 bits per heavy atom. The normalized spacial score (nSPS) is 17.3. The van der Waals surface area contributed by atoms with Gasteiger partial charge in [-0.3, -0.25) is 4.79 Å². The van der Waals surface area contributed by atoms with E-state index in [9.17, 15) is 4.79 Å². The van der Waals surface area contributed by atoms with Gasteiger partial charge in [-0.2, -0.15) is 0 Å². The number of rotatable bonds is 1. The molecule has 74 valence electrons. The Labute approximate surface area is 91.5 Å². The van der Waals surface area contributed by atoms with Crippen LogP contribution in [0.3, 0.4) is 0 Å². The number of thiophene rings is 1. The molecular formula is C12H9NOS. The summed E-state index contributed by atoms with van der Waals surface area (Å²) in [5.74, 6) is 0.161. The van der Waals surface area contributed by atoms with Crippen LogP contribution in [0.2, 0.25) is 0 Å². The predicted octanol–water partition coefficient (Wildman–Crippen LogP) is 2.83. The molecule has 3 heteroatoms. The molecule has 1 aliphatic rings. The number of allylic oxidation sites excluding steroid dienone is 1. The van der Waals surface area contributed by atoms with Crippen LogP contribution in [0, 0.1) is 0 Å². The summed E-state index contributed by atoms with van der Waals surface area (Å²) < 4.78 is 1.99. The van der Waals surface area contributed by atoms with Crippen LogP contribution in [-0.2, 0) is 6.54 Å². The number of carbonyl (C=O) groups excluding carboxylic acids is 1. The van der Waals surface area contributed by atoms with Gasteiger partial charge in [0.25, 0.3) is 0 Å². The van der Waals surface area contributed by atoms with E-state index in [1.165, 1.54) is 0 Å². The lowest BCUT2D eigenvalue weighted by Crippen LogP contribution is -1.93. The Morgan fingerprint density at radius 3 is 3.00 bits per heavy atom. The molecule has 2 aromatic heterocycles. The fraction of sp³-hybridized carbons (Fsp3) is 0.0833. The van der Waals surface area contributed by atoms with Gasteiger partial charge in [-0.05, 0) is 29.7 Å². The van der Waals surface area contributed by atoms with Crippen molar-refractivity contribution in [2.75, 3.05) is 0 Å². The SMILES string of the molecule is O=C1C(=Cc2cccs2)Cn2cccc21. The predicted molar refractivity (Wildman–Crippen MR) is 61.1 cm³/mol. The van der Waals surface area contributed by atoms with Gasteiger partial charge in [-0.1, -0.05) is 6.07 Å². The van der Waals surface area contributed by atoms with E-state index in [1.807, 2.05) is 46.5 Å². The van der Waals surface area contributed by atoms with E-state index in [0.717, 1.165) is 16.1 Å². The third-order valence-corrected chi connectivity index (χ3v) is 3.37. The molecule has 2 aromatic rings. The van der Waals surface area contributed by atoms with Crippen molar-refractivity contribution in [3.05, 3.63) is 52.0 Å². The Bertz CT molecular complexity index is 534. The van der Waals surface area contributed by atoms with Gasteiger partial charge < -0.3 is 4.57 Å². The number of carbonyl (C=O) groups is 1. The first-order valence-corrected chi connectivity index (χ1v) is 5.66. The van der Waals surface area contributed by atoms with Crippen LogP contribution in [0.4, 0.5) is 0 Å². The smallest absolute Gasteiger partial charge is 0.207 e. The van der Waals surface area contributed by atoms with E-state index in [-0.39, 0.29) is 5.78 Å². The molecule has 0 aromatic carbocycles. The highest BCUT2D eigenvalue weighted by Gasteiger charge is 2.23. The summed E-state index contributed by atoms with van der Waals surface area (Å²) in [5, 5.41) is 2.02. The molecule has 0 amide bonds. The van der Waals surface area contributed by atoms with Crippen molar-refractivity contribution >= 4 is 23.2 Å². The molecule has 0 spiro atoms. The minimum atomic E-state index is 0.161. The highest BCUT2D eigenvalue weighted by atomic mass is 32.1. The van der Waals surface area contributed by atoms with Crippen molar-refractivity contribution in [2.45, 2.75) is 6.54 Å². The Morgan fingerprint density at radius 1 is 1.33 bits per heavy atom. The van der Waals surface area contributed by atoms with E-state index in [4.69, 9.17) is 0 Å². The minimum absolute atomic E-state index is 0.161. The molecule has 2 nitrogen and oxygen atoms in total. The molecule has 0 atom stereocenters. The van der Waals surface area contributed by atoms with Crippen LogP contribution in [0.15, 0.2) is 41.4 Å². The first-order chi connectivity index (χ1) is 7.34. The highest BCUT2D eigenvalue weighted by Crippen LogP contribution is 2.23. The van der Waals surface area contributed by atoms with Gasteiger partial charge in [0.05, 0.1) is 12.2 Å². The summed E-state index contributed by atoms with van der Waals surface area (Å²) >= 11 is 1.66. The van der Waals surface area contributed by atoms with Crippen LogP contribution >= 0.6 is 11.3 Å². The summed E-state index contributed by atoms with van der Waals surface area (Å²) in [7, 11) is 0. The Hall–Kier alpha value is -1.61. The summed E-state index contributed by atoms with van der Waals surface area (Å²) in [4.78, 5) is 13.0. The number of hydrogen-bond acceptors (Lipinski definition) is 2. The van der Waals surface area contributed by atoms with Crippen LogP contribution in [-0.4, -0.2) is 10.4 Å². The van der Waals surface area contributed by atoms with Crippen molar-refractivity contribution < 1.29 is 4.79 Å². The van der Waals surface area contributed by atoms with Gasteiger partial charge in [0.15, 0.2) is 0 Å². The van der Waals surface area contributed by atoms with Crippen LogP contribution in [0.25, 0.3) is 6.08 Å². The van der Waals surface area contributed by atoms with Crippen LogP contribution in [0.5, 0.6) is 0 Å². The molecule has 15 heavy (non-hydrogen) atoms. The quantitative estimate of drug-likeness (QED) is 0.670. The molecule has 0 N–H and O–H groups in total. The van der Waals surface area contributed by atoms with Crippen molar-refractivity contribution in [3.8, 4) is 0 Å². The first kappa shape index (κ1) is 8.68. The Balaban J connectivity index is 2.00. The van der Waals surface area contributed by atoms with Gasteiger partial charge >= 0.3 is 0 Å². The lowest BCUT2D eigenvalue weighted by molar-refractivity contribution is 0.103. The molecule has 0 saturated heterocycles. The molecule has 3 heterocycles. The zero-order chi connectivity index (χ0) is 10.3. The second-order valence-corrected chi connectivity index (χ2v) is 4.51. The van der Waals surface area contributed by atoms with Crippen LogP contribution < -0.4 is 0 Å². The molecule has 0 radical (unpaired) electrons. The topological polar surface area (TPSA) is 22.0 Å². The average Bonchev–Trinajstić information content (AvgIpc) is 2.89. The second-order valence-electron chi connectivity index (χ2n) is 3.54. The number of hydrogen-bond donors (Lipinski definition) is 0.